The minimum Gasteiger partial charge on any atom is -0.495 e. The van der Waals surface area contributed by atoms with E-state index in [2.05, 4.69) is 20.3 Å². The summed E-state index contributed by atoms with van der Waals surface area (Å²) in [6.07, 6.45) is 3.11. The van der Waals surface area contributed by atoms with Crippen molar-refractivity contribution in [1.82, 2.24) is 24.9 Å². The van der Waals surface area contributed by atoms with Gasteiger partial charge in [-0.1, -0.05) is 41.2 Å². The Labute approximate surface area is 177 Å². The van der Waals surface area contributed by atoms with Crippen molar-refractivity contribution in [2.75, 3.05) is 12.9 Å². The van der Waals surface area contributed by atoms with E-state index in [4.69, 9.17) is 9.26 Å². The van der Waals surface area contributed by atoms with E-state index in [-0.39, 0.29) is 5.82 Å². The lowest BCUT2D eigenvalue weighted by molar-refractivity contribution is 0.378. The molecule has 0 saturated carbocycles. The first-order valence-electron chi connectivity index (χ1n) is 9.41. The van der Waals surface area contributed by atoms with Gasteiger partial charge in [0.1, 0.15) is 17.9 Å². The number of thioether (sulfide) groups is 1. The molecule has 0 amide bonds. The normalized spacial score (nSPS) is 11.0. The third kappa shape index (κ3) is 4.35. The van der Waals surface area contributed by atoms with Crippen molar-refractivity contribution in [2.45, 2.75) is 24.9 Å². The molecule has 0 spiro atoms. The van der Waals surface area contributed by atoms with Crippen LogP contribution in [0.25, 0.3) is 17.1 Å². The van der Waals surface area contributed by atoms with Crippen molar-refractivity contribution in [1.29, 1.82) is 0 Å². The number of ether oxygens (including phenoxy) is 1. The second kappa shape index (κ2) is 9.08. The minimum absolute atomic E-state index is 0.283. The molecule has 4 aromatic rings. The maximum Gasteiger partial charge on any atom is 0.226 e. The third-order valence-electron chi connectivity index (χ3n) is 4.53. The first kappa shape index (κ1) is 20.1. The highest BCUT2D eigenvalue weighted by atomic mass is 32.2. The van der Waals surface area contributed by atoms with Crippen molar-refractivity contribution >= 4 is 11.8 Å². The summed E-state index contributed by atoms with van der Waals surface area (Å²) in [4.78, 5) is 4.37. The number of halogens is 1. The minimum atomic E-state index is -0.283. The summed E-state index contributed by atoms with van der Waals surface area (Å²) in [5.41, 5.74) is 2.08. The van der Waals surface area contributed by atoms with Gasteiger partial charge in [0.15, 0.2) is 5.16 Å². The molecule has 154 valence electrons. The van der Waals surface area contributed by atoms with E-state index < -0.39 is 0 Å². The lowest BCUT2D eigenvalue weighted by atomic mass is 10.1. The molecule has 0 aliphatic carbocycles. The number of hydrogen-bond acceptors (Lipinski definition) is 7. The van der Waals surface area contributed by atoms with Gasteiger partial charge in [0.2, 0.25) is 11.7 Å². The monoisotopic (exact) mass is 425 g/mol. The summed E-state index contributed by atoms with van der Waals surface area (Å²) in [6.45, 7) is 1.72. The molecule has 2 aromatic carbocycles. The standard InChI is InChI=1S/C21H20FN5O2S/c1-14-9-10-15(12-16(14)22)20-24-19(29-26-20)8-5-11-30-21-25-23-13-27(21)17-6-3-4-7-18(17)28-2/h3-4,6-7,9-10,12-13H,5,8,11H2,1-2H3. The Kier molecular flexibility index (Phi) is 6.08. The number of nitrogens with zero attached hydrogens (tertiary/aromatic N) is 5. The average Bonchev–Trinajstić information content (AvgIpc) is 3.43. The van der Waals surface area contributed by atoms with Crippen LogP contribution >= 0.6 is 11.8 Å². The zero-order chi connectivity index (χ0) is 20.9. The number of aryl methyl sites for hydroxylation is 2. The van der Waals surface area contributed by atoms with Crippen molar-refractivity contribution in [3.05, 3.63) is 66.1 Å². The molecular weight excluding hydrogens is 405 g/mol. The summed E-state index contributed by atoms with van der Waals surface area (Å²) < 4.78 is 26.4. The first-order chi connectivity index (χ1) is 14.7. The SMILES string of the molecule is COc1ccccc1-n1cnnc1SCCCc1nc(-c2ccc(C)c(F)c2)no1. The Hall–Kier alpha value is -3.20. The molecule has 0 saturated heterocycles. The molecule has 2 heterocycles. The van der Waals surface area contributed by atoms with E-state index >= 15 is 0 Å². The fourth-order valence-corrected chi connectivity index (χ4v) is 3.77. The van der Waals surface area contributed by atoms with Crippen molar-refractivity contribution < 1.29 is 13.7 Å². The van der Waals surface area contributed by atoms with E-state index in [1.54, 1.807) is 44.3 Å². The second-order valence-corrected chi connectivity index (χ2v) is 7.65. The van der Waals surface area contributed by atoms with Crippen LogP contribution in [0.3, 0.4) is 0 Å². The van der Waals surface area contributed by atoms with Crippen LogP contribution < -0.4 is 4.74 Å². The van der Waals surface area contributed by atoms with Gasteiger partial charge in [0.25, 0.3) is 0 Å². The molecule has 0 aliphatic heterocycles. The molecule has 0 radical (unpaired) electrons. The van der Waals surface area contributed by atoms with Gasteiger partial charge in [-0.15, -0.1) is 10.2 Å². The van der Waals surface area contributed by atoms with Gasteiger partial charge in [-0.05, 0) is 37.1 Å². The molecule has 0 N–H and O–H groups in total. The Morgan fingerprint density at radius 3 is 2.90 bits per heavy atom. The maximum atomic E-state index is 13.7. The summed E-state index contributed by atoms with van der Waals surface area (Å²) in [5.74, 6) is 2.19. The molecule has 9 heteroatoms. The van der Waals surface area contributed by atoms with Crippen LogP contribution in [0.1, 0.15) is 17.9 Å². The summed E-state index contributed by atoms with van der Waals surface area (Å²) in [6, 6.07) is 12.6. The van der Waals surface area contributed by atoms with Gasteiger partial charge in [-0.3, -0.25) is 4.57 Å². The molecule has 7 nitrogen and oxygen atoms in total. The van der Waals surface area contributed by atoms with Gasteiger partial charge in [-0.25, -0.2) is 4.39 Å². The highest BCUT2D eigenvalue weighted by Crippen LogP contribution is 2.27. The maximum absolute atomic E-state index is 13.7. The summed E-state index contributed by atoms with van der Waals surface area (Å²) in [5, 5.41) is 13.0. The molecule has 0 unspecified atom stereocenters. The number of methoxy groups -OCH3 is 1. The Morgan fingerprint density at radius 1 is 1.20 bits per heavy atom. The Morgan fingerprint density at radius 2 is 2.07 bits per heavy atom. The first-order valence-corrected chi connectivity index (χ1v) is 10.4. The molecule has 0 bridgehead atoms. The fraction of sp³-hybridized carbons (Fsp3) is 0.238. The van der Waals surface area contributed by atoms with E-state index in [1.165, 1.54) is 6.07 Å². The van der Waals surface area contributed by atoms with Crippen LogP contribution in [0.4, 0.5) is 4.39 Å². The average molecular weight is 425 g/mol. The lowest BCUT2D eigenvalue weighted by Crippen LogP contribution is -1.99. The summed E-state index contributed by atoms with van der Waals surface area (Å²) in [7, 11) is 1.64. The predicted octanol–water partition coefficient (Wildman–Crippen LogP) is 4.50. The van der Waals surface area contributed by atoms with Gasteiger partial charge in [-0.2, -0.15) is 4.98 Å². The van der Waals surface area contributed by atoms with Crippen LogP contribution in [0.2, 0.25) is 0 Å². The number of para-hydroxylation sites is 2. The van der Waals surface area contributed by atoms with E-state index in [0.717, 1.165) is 28.8 Å². The number of hydrogen-bond donors (Lipinski definition) is 0. The number of rotatable bonds is 8. The number of aromatic nitrogens is 5. The number of benzene rings is 2. The van der Waals surface area contributed by atoms with Crippen molar-refractivity contribution in [3.63, 3.8) is 0 Å². The molecular formula is C21H20FN5O2S. The second-order valence-electron chi connectivity index (χ2n) is 6.58. The van der Waals surface area contributed by atoms with Crippen molar-refractivity contribution in [3.8, 4) is 22.8 Å². The van der Waals surface area contributed by atoms with Gasteiger partial charge < -0.3 is 9.26 Å². The lowest BCUT2D eigenvalue weighted by Gasteiger charge is -2.10. The van der Waals surface area contributed by atoms with E-state index in [9.17, 15) is 4.39 Å². The highest BCUT2D eigenvalue weighted by molar-refractivity contribution is 7.99. The zero-order valence-corrected chi connectivity index (χ0v) is 17.4. The van der Waals surface area contributed by atoms with E-state index in [0.29, 0.717) is 29.3 Å². The Bertz CT molecular complexity index is 1140. The van der Waals surface area contributed by atoms with Crippen LogP contribution in [0.5, 0.6) is 5.75 Å². The molecule has 0 fully saturated rings. The zero-order valence-electron chi connectivity index (χ0n) is 16.6. The van der Waals surface area contributed by atoms with Gasteiger partial charge in [0, 0.05) is 17.7 Å². The quantitative estimate of drug-likeness (QED) is 0.304. The molecule has 0 aliphatic rings. The Balaban J connectivity index is 1.35. The van der Waals surface area contributed by atoms with Crippen molar-refractivity contribution in [2.24, 2.45) is 0 Å². The predicted molar refractivity (Wildman–Crippen MR) is 111 cm³/mol. The van der Waals surface area contributed by atoms with E-state index in [1.807, 2.05) is 28.8 Å². The molecule has 30 heavy (non-hydrogen) atoms. The smallest absolute Gasteiger partial charge is 0.226 e. The van der Waals surface area contributed by atoms with Crippen LogP contribution in [0.15, 0.2) is 58.5 Å². The van der Waals surface area contributed by atoms with Crippen LogP contribution in [-0.2, 0) is 6.42 Å². The van der Waals surface area contributed by atoms with Crippen LogP contribution in [0, 0.1) is 12.7 Å². The molecule has 2 aromatic heterocycles. The third-order valence-corrected chi connectivity index (χ3v) is 5.55. The van der Waals surface area contributed by atoms with Gasteiger partial charge >= 0.3 is 0 Å². The molecule has 4 rings (SSSR count). The summed E-state index contributed by atoms with van der Waals surface area (Å²) >= 11 is 1.59. The topological polar surface area (TPSA) is 78.9 Å². The highest BCUT2D eigenvalue weighted by Gasteiger charge is 2.13. The van der Waals surface area contributed by atoms with Gasteiger partial charge in [0.05, 0.1) is 12.8 Å². The molecule has 0 atom stereocenters. The largest absolute Gasteiger partial charge is 0.495 e. The fourth-order valence-electron chi connectivity index (χ4n) is 2.91. The van der Waals surface area contributed by atoms with Crippen LogP contribution in [-0.4, -0.2) is 37.8 Å².